The molecule has 3 aliphatic carbocycles. The van der Waals surface area contributed by atoms with E-state index in [1.165, 1.54) is 12.1 Å². The number of phenolic OH excluding ortho intramolecular Hbond substituents is 1. The Morgan fingerprint density at radius 2 is 1.86 bits per heavy atom. The number of phenols is 1. The summed E-state index contributed by atoms with van der Waals surface area (Å²) in [6.07, 6.45) is 7.29. The summed E-state index contributed by atoms with van der Waals surface area (Å²) in [5.41, 5.74) is 10.2. The molecule has 5 rings (SSSR count). The van der Waals surface area contributed by atoms with Gasteiger partial charge in [0.1, 0.15) is 11.6 Å². The molecule has 0 heterocycles. The van der Waals surface area contributed by atoms with E-state index < -0.39 is 11.6 Å². The van der Waals surface area contributed by atoms with E-state index in [0.717, 1.165) is 42.2 Å². The fourth-order valence-corrected chi connectivity index (χ4v) is 6.18. The van der Waals surface area contributed by atoms with Gasteiger partial charge >= 0.3 is 0 Å². The highest BCUT2D eigenvalue weighted by Gasteiger charge is 2.52. The topological polar surface area (TPSA) is 72.0 Å². The summed E-state index contributed by atoms with van der Waals surface area (Å²) in [4.78, 5) is 10.9. The van der Waals surface area contributed by atoms with Gasteiger partial charge in [-0.3, -0.25) is 20.6 Å². The number of allylic oxidation sites excluding steroid dienone is 3. The lowest BCUT2D eigenvalue weighted by atomic mass is 9.56. The standard InChI is InChI=1S/C27H30F2N2O4/c1-27-7-6-18-19-13-25(33-2)24(32)12-21(19)23(11-20(18)22(27)4-5-26(27)31-34-3)30-35-14-15-8-16(28)10-17(29)9-15/h5,8-13,18,20,22,30-32H,4,6-7,14H2,1-3H3/t18-,20-,22+,27+/m1/s1. The Morgan fingerprint density at radius 3 is 2.57 bits per heavy atom. The maximum absolute atomic E-state index is 13.6. The van der Waals surface area contributed by atoms with E-state index in [4.69, 9.17) is 14.4 Å². The van der Waals surface area contributed by atoms with Gasteiger partial charge in [-0.05, 0) is 72.4 Å². The third-order valence-corrected chi connectivity index (χ3v) is 7.87. The Bertz CT molecular complexity index is 1180. The number of halogens is 2. The number of ether oxygens (including phenoxy) is 1. The van der Waals surface area contributed by atoms with E-state index in [0.29, 0.717) is 22.9 Å². The molecule has 2 aromatic carbocycles. The number of hydroxylamine groups is 2. The van der Waals surface area contributed by atoms with Crippen molar-refractivity contribution in [1.29, 1.82) is 0 Å². The third kappa shape index (κ3) is 4.15. The molecule has 0 aromatic heterocycles. The summed E-state index contributed by atoms with van der Waals surface area (Å²) in [6.45, 7) is 2.25. The lowest BCUT2D eigenvalue weighted by Crippen LogP contribution is -2.42. The van der Waals surface area contributed by atoms with Gasteiger partial charge in [0.2, 0.25) is 0 Å². The molecule has 0 amide bonds. The van der Waals surface area contributed by atoms with Crippen LogP contribution in [0.25, 0.3) is 5.70 Å². The van der Waals surface area contributed by atoms with Crippen molar-refractivity contribution >= 4 is 5.70 Å². The second kappa shape index (κ2) is 9.17. The number of hydrogen-bond donors (Lipinski definition) is 3. The van der Waals surface area contributed by atoms with Crippen molar-refractivity contribution in [3.8, 4) is 11.5 Å². The average Bonchev–Trinajstić information content (AvgIpc) is 3.15. The van der Waals surface area contributed by atoms with Crippen LogP contribution < -0.4 is 15.7 Å². The van der Waals surface area contributed by atoms with Crippen molar-refractivity contribution in [1.82, 2.24) is 11.0 Å². The van der Waals surface area contributed by atoms with Crippen molar-refractivity contribution in [3.63, 3.8) is 0 Å². The lowest BCUT2D eigenvalue weighted by Gasteiger charge is -2.49. The summed E-state index contributed by atoms with van der Waals surface area (Å²) in [6, 6.07) is 6.91. The monoisotopic (exact) mass is 484 g/mol. The normalized spacial score (nSPS) is 26.7. The molecule has 0 saturated heterocycles. The van der Waals surface area contributed by atoms with Crippen molar-refractivity contribution in [2.24, 2.45) is 17.3 Å². The smallest absolute Gasteiger partial charge is 0.160 e. The molecule has 0 spiro atoms. The first-order valence-corrected chi connectivity index (χ1v) is 11.8. The SMILES string of the molecule is CONC1=CC[C@H]2[C@@H]3C=C(NOCc4cc(F)cc(F)c4)c4cc(O)c(OC)cc4[C@H]3CC[C@]12C. The minimum absolute atomic E-state index is 0.0256. The van der Waals surface area contributed by atoms with Gasteiger partial charge in [-0.25, -0.2) is 8.78 Å². The number of aromatic hydroxyl groups is 1. The van der Waals surface area contributed by atoms with Crippen molar-refractivity contribution in [3.05, 3.63) is 76.5 Å². The fraction of sp³-hybridized carbons (Fsp3) is 0.407. The molecular weight excluding hydrogens is 454 g/mol. The zero-order valence-electron chi connectivity index (χ0n) is 20.0. The Labute approximate surface area is 203 Å². The predicted molar refractivity (Wildman–Crippen MR) is 127 cm³/mol. The molecule has 0 bridgehead atoms. The van der Waals surface area contributed by atoms with Gasteiger partial charge in [-0.15, -0.1) is 0 Å². The highest BCUT2D eigenvalue weighted by atomic mass is 19.1. The first-order chi connectivity index (χ1) is 16.8. The van der Waals surface area contributed by atoms with Gasteiger partial charge in [0.15, 0.2) is 11.5 Å². The van der Waals surface area contributed by atoms with E-state index >= 15 is 0 Å². The van der Waals surface area contributed by atoms with Crippen LogP contribution in [0.15, 0.2) is 48.2 Å². The van der Waals surface area contributed by atoms with Crippen LogP contribution >= 0.6 is 0 Å². The van der Waals surface area contributed by atoms with Gasteiger partial charge < -0.3 is 9.84 Å². The van der Waals surface area contributed by atoms with Gasteiger partial charge in [-0.1, -0.05) is 19.1 Å². The highest BCUT2D eigenvalue weighted by Crippen LogP contribution is 2.60. The maximum atomic E-state index is 13.6. The molecule has 6 nitrogen and oxygen atoms in total. The van der Waals surface area contributed by atoms with E-state index in [-0.39, 0.29) is 29.6 Å². The first kappa shape index (κ1) is 23.6. The van der Waals surface area contributed by atoms with Crippen LogP contribution in [0.2, 0.25) is 0 Å². The van der Waals surface area contributed by atoms with Crippen LogP contribution in [0, 0.1) is 28.9 Å². The van der Waals surface area contributed by atoms with Crippen LogP contribution in [0.3, 0.4) is 0 Å². The molecule has 1 saturated carbocycles. The highest BCUT2D eigenvalue weighted by molar-refractivity contribution is 5.73. The Kier molecular flexibility index (Phi) is 6.19. The summed E-state index contributed by atoms with van der Waals surface area (Å²) in [7, 11) is 3.17. The number of hydrogen-bond acceptors (Lipinski definition) is 6. The molecule has 35 heavy (non-hydrogen) atoms. The summed E-state index contributed by atoms with van der Waals surface area (Å²) < 4.78 is 32.6. The predicted octanol–water partition coefficient (Wildman–Crippen LogP) is 5.31. The molecule has 0 aliphatic heterocycles. The Hall–Kier alpha value is -3.10. The zero-order valence-corrected chi connectivity index (χ0v) is 20.0. The number of nitrogens with one attached hydrogen (secondary N) is 2. The van der Waals surface area contributed by atoms with Crippen LogP contribution in [-0.4, -0.2) is 19.3 Å². The Balaban J connectivity index is 1.46. The molecule has 8 heteroatoms. The maximum Gasteiger partial charge on any atom is 0.160 e. The van der Waals surface area contributed by atoms with Crippen LogP contribution in [0.5, 0.6) is 11.5 Å². The largest absolute Gasteiger partial charge is 0.504 e. The first-order valence-electron chi connectivity index (χ1n) is 11.8. The molecule has 0 radical (unpaired) electrons. The minimum Gasteiger partial charge on any atom is -0.504 e. The summed E-state index contributed by atoms with van der Waals surface area (Å²) in [5, 5.41) is 10.5. The van der Waals surface area contributed by atoms with Gasteiger partial charge in [0.25, 0.3) is 0 Å². The van der Waals surface area contributed by atoms with E-state index in [2.05, 4.69) is 30.0 Å². The zero-order chi connectivity index (χ0) is 24.7. The van der Waals surface area contributed by atoms with Crippen molar-refractivity contribution in [2.75, 3.05) is 14.2 Å². The van der Waals surface area contributed by atoms with Crippen LogP contribution in [-0.2, 0) is 16.3 Å². The van der Waals surface area contributed by atoms with E-state index in [1.54, 1.807) is 20.3 Å². The Morgan fingerprint density at radius 1 is 1.09 bits per heavy atom. The number of rotatable bonds is 7. The lowest BCUT2D eigenvalue weighted by molar-refractivity contribution is 0.0501. The molecule has 3 aliphatic rings. The summed E-state index contributed by atoms with van der Waals surface area (Å²) >= 11 is 0. The quantitative estimate of drug-likeness (QED) is 0.463. The van der Waals surface area contributed by atoms with Gasteiger partial charge in [0.05, 0.1) is 26.5 Å². The number of methoxy groups -OCH3 is 1. The van der Waals surface area contributed by atoms with Crippen molar-refractivity contribution < 1.29 is 28.3 Å². The molecular formula is C27H30F2N2O4. The van der Waals surface area contributed by atoms with Gasteiger partial charge in [-0.2, -0.15) is 0 Å². The van der Waals surface area contributed by atoms with E-state index in [9.17, 15) is 13.9 Å². The van der Waals surface area contributed by atoms with E-state index in [1.807, 2.05) is 6.07 Å². The second-order valence-corrected chi connectivity index (χ2v) is 9.77. The summed E-state index contributed by atoms with van der Waals surface area (Å²) in [5.74, 6) is -0.0148. The molecule has 186 valence electrons. The number of benzene rings is 2. The van der Waals surface area contributed by atoms with Crippen molar-refractivity contribution in [2.45, 2.75) is 38.7 Å². The van der Waals surface area contributed by atoms with Crippen LogP contribution in [0.1, 0.15) is 48.8 Å². The average molecular weight is 485 g/mol. The number of fused-ring (bicyclic) bond motifs is 5. The second-order valence-electron chi connectivity index (χ2n) is 9.77. The molecule has 0 unspecified atom stereocenters. The minimum atomic E-state index is -0.651. The molecule has 2 aromatic rings. The molecule has 3 N–H and O–H groups in total. The van der Waals surface area contributed by atoms with Crippen LogP contribution in [0.4, 0.5) is 8.78 Å². The third-order valence-electron chi connectivity index (χ3n) is 7.87. The molecule has 4 atom stereocenters. The fourth-order valence-electron chi connectivity index (χ4n) is 6.18. The molecule has 1 fully saturated rings. The van der Waals surface area contributed by atoms with Gasteiger partial charge in [0, 0.05) is 22.7 Å².